The predicted molar refractivity (Wildman–Crippen MR) is 165 cm³/mol. The van der Waals surface area contributed by atoms with Gasteiger partial charge in [-0.3, -0.25) is 19.3 Å². The number of primary amides is 1. The molecule has 11 nitrogen and oxygen atoms in total. The Kier molecular flexibility index (Phi) is 9.51. The molecule has 4 aromatic rings. The van der Waals surface area contributed by atoms with E-state index >= 15 is 0 Å². The number of hydrogen-bond acceptors (Lipinski definition) is 9. The monoisotopic (exact) mass is 603 g/mol. The molecule has 1 heterocycles. The van der Waals surface area contributed by atoms with Gasteiger partial charge in [0.05, 0.1) is 27.0 Å². The molecule has 3 aromatic carbocycles. The van der Waals surface area contributed by atoms with Gasteiger partial charge in [-0.2, -0.15) is 4.37 Å². The van der Waals surface area contributed by atoms with Crippen LogP contribution in [-0.2, 0) is 11.3 Å². The largest absolute Gasteiger partial charge is 0.493 e. The van der Waals surface area contributed by atoms with Gasteiger partial charge in [-0.15, -0.1) is 0 Å². The fraction of sp³-hybridized carbons (Fsp3) is 0.226. The van der Waals surface area contributed by atoms with E-state index < -0.39 is 23.8 Å². The van der Waals surface area contributed by atoms with Crippen molar-refractivity contribution in [2.75, 3.05) is 32.0 Å². The summed E-state index contributed by atoms with van der Waals surface area (Å²) < 4.78 is 20.7. The molecule has 3 amide bonds. The molecule has 0 saturated heterocycles. The summed E-state index contributed by atoms with van der Waals surface area (Å²) in [5.41, 5.74) is 14.5. The normalized spacial score (nSPS) is 11.4. The van der Waals surface area contributed by atoms with Gasteiger partial charge in [0.2, 0.25) is 11.7 Å². The number of benzene rings is 3. The lowest BCUT2D eigenvalue weighted by Crippen LogP contribution is -2.44. The Morgan fingerprint density at radius 2 is 1.60 bits per heavy atom. The summed E-state index contributed by atoms with van der Waals surface area (Å²) in [5, 5.41) is 2.97. The maximum Gasteiger partial charge on any atom is 0.273 e. The van der Waals surface area contributed by atoms with Crippen molar-refractivity contribution in [2.24, 2.45) is 5.73 Å². The molecule has 4 rings (SSSR count). The van der Waals surface area contributed by atoms with Crippen LogP contribution in [0.1, 0.15) is 48.5 Å². The van der Waals surface area contributed by atoms with Crippen LogP contribution in [0, 0.1) is 13.8 Å². The first kappa shape index (κ1) is 30.8. The lowest BCUT2D eigenvalue weighted by Gasteiger charge is -2.33. The third-order valence-corrected chi connectivity index (χ3v) is 7.67. The van der Waals surface area contributed by atoms with Gasteiger partial charge in [-0.05, 0) is 65.8 Å². The smallest absolute Gasteiger partial charge is 0.273 e. The first-order chi connectivity index (χ1) is 20.6. The molecule has 5 N–H and O–H groups in total. The van der Waals surface area contributed by atoms with Gasteiger partial charge < -0.3 is 31.0 Å². The molecule has 1 aromatic heterocycles. The lowest BCUT2D eigenvalue weighted by molar-refractivity contribution is -0.122. The van der Waals surface area contributed by atoms with Crippen LogP contribution in [0.3, 0.4) is 0 Å². The summed E-state index contributed by atoms with van der Waals surface area (Å²) in [5.74, 6) is -1.11. The van der Waals surface area contributed by atoms with Gasteiger partial charge in [0.15, 0.2) is 17.2 Å². The van der Waals surface area contributed by atoms with Gasteiger partial charge in [0.1, 0.15) is 10.9 Å². The zero-order valence-corrected chi connectivity index (χ0v) is 25.3. The quantitative estimate of drug-likeness (QED) is 0.230. The molecule has 0 bridgehead atoms. The minimum absolute atomic E-state index is 0.0389. The van der Waals surface area contributed by atoms with Crippen LogP contribution >= 0.6 is 11.5 Å². The molecule has 1 atom stereocenters. The van der Waals surface area contributed by atoms with Crippen molar-refractivity contribution in [3.8, 4) is 17.2 Å². The summed E-state index contributed by atoms with van der Waals surface area (Å²) >= 11 is 0.733. The molecule has 0 spiro atoms. The zero-order chi connectivity index (χ0) is 31.3. The number of carbonyl (C=O) groups is 3. The van der Waals surface area contributed by atoms with Crippen LogP contribution in [0.2, 0.25) is 0 Å². The number of carbonyl (C=O) groups excluding carboxylic acids is 3. The average molecular weight is 604 g/mol. The molecule has 12 heteroatoms. The predicted octanol–water partition coefficient (Wildman–Crippen LogP) is 4.17. The van der Waals surface area contributed by atoms with E-state index in [-0.39, 0.29) is 22.8 Å². The van der Waals surface area contributed by atoms with Crippen molar-refractivity contribution in [1.82, 2.24) is 9.69 Å². The van der Waals surface area contributed by atoms with Crippen molar-refractivity contribution in [3.05, 3.63) is 93.5 Å². The number of nitrogen functional groups attached to an aromatic ring is 1. The molecule has 0 fully saturated rings. The first-order valence-corrected chi connectivity index (χ1v) is 14.0. The number of aromatic nitrogens is 1. The van der Waals surface area contributed by atoms with E-state index in [4.69, 9.17) is 25.7 Å². The lowest BCUT2D eigenvalue weighted by atomic mass is 9.99. The number of anilines is 2. The molecular weight excluding hydrogens is 570 g/mol. The SMILES string of the molecule is COc1cc([C@@H](C(=O)NCc2ccccc2)N(C(=O)c2snc(C(N)=O)c2N)c2cc(C)ccc2C)cc(OC)c1OC. The first-order valence-electron chi connectivity index (χ1n) is 13.2. The summed E-state index contributed by atoms with van der Waals surface area (Å²) in [6.07, 6.45) is 0. The molecule has 0 saturated carbocycles. The highest BCUT2D eigenvalue weighted by Crippen LogP contribution is 2.43. The topological polar surface area (TPSA) is 159 Å². The van der Waals surface area contributed by atoms with Crippen LogP contribution < -0.4 is 35.9 Å². The molecule has 0 radical (unpaired) electrons. The minimum atomic E-state index is -1.26. The third kappa shape index (κ3) is 6.38. The second kappa shape index (κ2) is 13.3. The van der Waals surface area contributed by atoms with Crippen LogP contribution in [0.25, 0.3) is 0 Å². The number of nitrogens with one attached hydrogen (secondary N) is 1. The number of rotatable bonds is 11. The summed E-state index contributed by atoms with van der Waals surface area (Å²) in [6.45, 7) is 3.90. The van der Waals surface area contributed by atoms with E-state index in [1.54, 1.807) is 18.2 Å². The Labute approximate surface area is 253 Å². The van der Waals surface area contributed by atoms with Gasteiger partial charge in [-0.1, -0.05) is 42.5 Å². The van der Waals surface area contributed by atoms with Crippen molar-refractivity contribution >= 4 is 40.6 Å². The Morgan fingerprint density at radius 3 is 2.16 bits per heavy atom. The van der Waals surface area contributed by atoms with E-state index in [2.05, 4.69) is 9.69 Å². The van der Waals surface area contributed by atoms with Gasteiger partial charge in [-0.25, -0.2) is 0 Å². The Bertz CT molecular complexity index is 1630. The van der Waals surface area contributed by atoms with E-state index in [0.717, 1.165) is 22.7 Å². The fourth-order valence-corrected chi connectivity index (χ4v) is 5.38. The number of nitrogens with zero attached hydrogens (tertiary/aromatic N) is 2. The highest BCUT2D eigenvalue weighted by molar-refractivity contribution is 7.09. The van der Waals surface area contributed by atoms with E-state index in [9.17, 15) is 14.4 Å². The number of aryl methyl sites for hydroxylation is 2. The standard InChI is InChI=1S/C31H33N5O6S/c1-17-11-12-18(2)21(13-17)36(31(39)28-24(32)25(29(33)37)35-43-28)26(30(38)34-16-19-9-7-6-8-10-19)20-14-22(40-3)27(42-5)23(15-20)41-4/h6-15,26H,16,32H2,1-5H3,(H2,33,37)(H,34,38)/t26-/m0/s1. The number of hydrogen-bond donors (Lipinski definition) is 3. The van der Waals surface area contributed by atoms with Crippen LogP contribution in [0.15, 0.2) is 60.7 Å². The molecule has 224 valence electrons. The van der Waals surface area contributed by atoms with E-state index in [1.165, 1.54) is 26.2 Å². The molecule has 0 aliphatic rings. The minimum Gasteiger partial charge on any atom is -0.493 e. The Hall–Kier alpha value is -5.10. The van der Waals surface area contributed by atoms with Crippen molar-refractivity contribution in [3.63, 3.8) is 0 Å². The van der Waals surface area contributed by atoms with E-state index in [0.29, 0.717) is 34.1 Å². The summed E-state index contributed by atoms with van der Waals surface area (Å²) in [6, 6.07) is 16.9. The van der Waals surface area contributed by atoms with Crippen LogP contribution in [0.5, 0.6) is 17.2 Å². The summed E-state index contributed by atoms with van der Waals surface area (Å²) in [7, 11) is 4.39. The zero-order valence-electron chi connectivity index (χ0n) is 24.5. The number of nitrogens with two attached hydrogens (primary N) is 2. The average Bonchev–Trinajstić information content (AvgIpc) is 3.40. The van der Waals surface area contributed by atoms with Crippen molar-refractivity contribution in [2.45, 2.75) is 26.4 Å². The number of methoxy groups -OCH3 is 3. The molecule has 0 unspecified atom stereocenters. The summed E-state index contributed by atoms with van der Waals surface area (Å²) in [4.78, 5) is 42.0. The molecule has 0 aliphatic carbocycles. The Balaban J connectivity index is 1.97. The maximum atomic E-state index is 14.5. The molecule has 43 heavy (non-hydrogen) atoms. The maximum absolute atomic E-state index is 14.5. The van der Waals surface area contributed by atoms with Crippen molar-refractivity contribution < 1.29 is 28.6 Å². The molecular formula is C31H33N5O6S. The number of amides is 3. The second-order valence-electron chi connectivity index (χ2n) is 9.67. The third-order valence-electron chi connectivity index (χ3n) is 6.82. The molecule has 0 aliphatic heterocycles. The van der Waals surface area contributed by atoms with Crippen LogP contribution in [-0.4, -0.2) is 43.4 Å². The second-order valence-corrected chi connectivity index (χ2v) is 10.4. The highest BCUT2D eigenvalue weighted by atomic mass is 32.1. The number of ether oxygens (including phenoxy) is 3. The highest BCUT2D eigenvalue weighted by Gasteiger charge is 2.38. The van der Waals surface area contributed by atoms with Gasteiger partial charge in [0.25, 0.3) is 11.8 Å². The van der Waals surface area contributed by atoms with Gasteiger partial charge in [0, 0.05) is 12.2 Å². The van der Waals surface area contributed by atoms with Crippen LogP contribution in [0.4, 0.5) is 11.4 Å². The fourth-order valence-electron chi connectivity index (χ4n) is 4.64. The van der Waals surface area contributed by atoms with Gasteiger partial charge >= 0.3 is 0 Å². The van der Waals surface area contributed by atoms with E-state index in [1.807, 2.05) is 56.3 Å². The Morgan fingerprint density at radius 1 is 0.953 bits per heavy atom. The van der Waals surface area contributed by atoms with Crippen molar-refractivity contribution in [1.29, 1.82) is 0 Å².